The lowest BCUT2D eigenvalue weighted by atomic mass is 10.2. The highest BCUT2D eigenvalue weighted by Crippen LogP contribution is 2.17. The predicted molar refractivity (Wildman–Crippen MR) is 95.7 cm³/mol. The number of anilines is 3. The quantitative estimate of drug-likeness (QED) is 0.535. The van der Waals surface area contributed by atoms with Crippen LogP contribution < -0.4 is 10.6 Å². The number of hydrogen-bond donors (Lipinski definition) is 2. The number of hydrogen-bond acceptors (Lipinski definition) is 6. The summed E-state index contributed by atoms with van der Waals surface area (Å²) in [5, 5.41) is 6.49. The van der Waals surface area contributed by atoms with Gasteiger partial charge in [-0.1, -0.05) is 19.8 Å². The maximum Gasteiger partial charge on any atom is 0.338 e. The van der Waals surface area contributed by atoms with E-state index in [1.807, 2.05) is 18.2 Å². The van der Waals surface area contributed by atoms with E-state index in [0.29, 0.717) is 18.0 Å². The molecule has 1 heterocycles. The number of benzene rings is 1. The first-order valence-electron chi connectivity index (χ1n) is 8.33. The average Bonchev–Trinajstić information content (AvgIpc) is 2.60. The van der Waals surface area contributed by atoms with E-state index in [2.05, 4.69) is 27.5 Å². The molecule has 6 nitrogen and oxygen atoms in total. The number of aromatic nitrogens is 2. The molecule has 24 heavy (non-hydrogen) atoms. The van der Waals surface area contributed by atoms with Gasteiger partial charge in [-0.15, -0.1) is 0 Å². The topological polar surface area (TPSA) is 76.1 Å². The van der Waals surface area contributed by atoms with Crippen LogP contribution >= 0.6 is 0 Å². The molecule has 0 atom stereocenters. The molecule has 2 rings (SSSR count). The Morgan fingerprint density at radius 3 is 2.54 bits per heavy atom. The minimum absolute atomic E-state index is 0.315. The molecule has 2 aromatic rings. The van der Waals surface area contributed by atoms with Crippen LogP contribution in [0.15, 0.2) is 36.7 Å². The second kappa shape index (κ2) is 9.50. The zero-order valence-corrected chi connectivity index (χ0v) is 14.2. The molecule has 1 aromatic heterocycles. The van der Waals surface area contributed by atoms with E-state index in [-0.39, 0.29) is 5.97 Å². The third kappa shape index (κ3) is 5.53. The molecule has 0 bridgehead atoms. The number of rotatable bonds is 9. The van der Waals surface area contributed by atoms with Crippen molar-refractivity contribution < 1.29 is 9.53 Å². The van der Waals surface area contributed by atoms with E-state index in [4.69, 9.17) is 4.74 Å². The van der Waals surface area contributed by atoms with Crippen molar-refractivity contribution in [1.29, 1.82) is 0 Å². The first-order valence-corrected chi connectivity index (χ1v) is 8.33. The molecule has 0 saturated heterocycles. The number of nitrogens with zero attached hydrogens (tertiary/aromatic N) is 2. The Morgan fingerprint density at radius 2 is 1.83 bits per heavy atom. The lowest BCUT2D eigenvalue weighted by Crippen LogP contribution is -2.05. The normalized spacial score (nSPS) is 10.2. The molecule has 0 aliphatic rings. The third-order valence-corrected chi connectivity index (χ3v) is 3.42. The Hall–Kier alpha value is -2.63. The summed E-state index contributed by atoms with van der Waals surface area (Å²) >= 11 is 0. The van der Waals surface area contributed by atoms with Crippen LogP contribution in [-0.2, 0) is 4.74 Å². The second-order valence-corrected chi connectivity index (χ2v) is 5.35. The predicted octanol–water partition coefficient (Wildman–Crippen LogP) is 4.00. The van der Waals surface area contributed by atoms with Crippen molar-refractivity contribution in [1.82, 2.24) is 9.97 Å². The lowest BCUT2D eigenvalue weighted by molar-refractivity contribution is 0.0526. The smallest absolute Gasteiger partial charge is 0.338 e. The van der Waals surface area contributed by atoms with Gasteiger partial charge in [0.1, 0.15) is 18.0 Å². The molecular formula is C18H24N4O2. The summed E-state index contributed by atoms with van der Waals surface area (Å²) in [5.74, 6) is 1.18. The van der Waals surface area contributed by atoms with E-state index in [9.17, 15) is 4.79 Å². The highest BCUT2D eigenvalue weighted by molar-refractivity contribution is 5.89. The van der Waals surface area contributed by atoms with Crippen LogP contribution in [0.4, 0.5) is 17.3 Å². The third-order valence-electron chi connectivity index (χ3n) is 3.42. The maximum absolute atomic E-state index is 11.6. The highest BCUT2D eigenvalue weighted by Gasteiger charge is 2.06. The van der Waals surface area contributed by atoms with Gasteiger partial charge in [-0.2, -0.15) is 0 Å². The number of carbonyl (C=O) groups excluding carboxylic acids is 1. The Bertz CT molecular complexity index is 644. The van der Waals surface area contributed by atoms with Crippen LogP contribution in [0.3, 0.4) is 0 Å². The van der Waals surface area contributed by atoms with E-state index < -0.39 is 0 Å². The Morgan fingerprint density at radius 1 is 1.08 bits per heavy atom. The molecule has 0 saturated carbocycles. The molecule has 128 valence electrons. The number of nitrogens with one attached hydrogen (secondary N) is 2. The molecular weight excluding hydrogens is 304 g/mol. The van der Waals surface area contributed by atoms with Crippen molar-refractivity contribution in [3.8, 4) is 0 Å². The first-order chi connectivity index (χ1) is 11.7. The summed E-state index contributed by atoms with van der Waals surface area (Å²) in [7, 11) is 0. The fraction of sp³-hybridized carbons (Fsp3) is 0.389. The minimum Gasteiger partial charge on any atom is -0.462 e. The van der Waals surface area contributed by atoms with E-state index in [0.717, 1.165) is 24.5 Å². The van der Waals surface area contributed by atoms with Crippen LogP contribution in [-0.4, -0.2) is 29.1 Å². The molecule has 1 aromatic carbocycles. The number of esters is 1. The van der Waals surface area contributed by atoms with Crippen molar-refractivity contribution in [3.05, 3.63) is 42.2 Å². The SMILES string of the molecule is CCCCCNc1cc(Nc2ccc(C(=O)OCC)cc2)ncn1. The summed E-state index contributed by atoms with van der Waals surface area (Å²) in [6.07, 6.45) is 5.05. The van der Waals surface area contributed by atoms with Crippen molar-refractivity contribution in [2.24, 2.45) is 0 Å². The van der Waals surface area contributed by atoms with Crippen LogP contribution in [0.25, 0.3) is 0 Å². The lowest BCUT2D eigenvalue weighted by Gasteiger charge is -2.09. The van der Waals surface area contributed by atoms with E-state index in [1.54, 1.807) is 19.1 Å². The van der Waals surface area contributed by atoms with Crippen molar-refractivity contribution in [2.75, 3.05) is 23.8 Å². The van der Waals surface area contributed by atoms with E-state index in [1.165, 1.54) is 19.2 Å². The summed E-state index contributed by atoms with van der Waals surface area (Å²) in [4.78, 5) is 20.1. The number of carbonyl (C=O) groups is 1. The van der Waals surface area contributed by atoms with Gasteiger partial charge < -0.3 is 15.4 Å². The zero-order valence-electron chi connectivity index (χ0n) is 14.2. The fourth-order valence-electron chi connectivity index (χ4n) is 2.17. The van der Waals surface area contributed by atoms with Crippen LogP contribution in [0, 0.1) is 0 Å². The molecule has 6 heteroatoms. The van der Waals surface area contributed by atoms with Gasteiger partial charge in [0.05, 0.1) is 12.2 Å². The van der Waals surface area contributed by atoms with Gasteiger partial charge >= 0.3 is 5.97 Å². The summed E-state index contributed by atoms with van der Waals surface area (Å²) in [5.41, 5.74) is 1.38. The van der Waals surface area contributed by atoms with Gasteiger partial charge in [-0.05, 0) is 37.6 Å². The van der Waals surface area contributed by atoms with Crippen molar-refractivity contribution >= 4 is 23.3 Å². The molecule has 0 amide bonds. The maximum atomic E-state index is 11.6. The van der Waals surface area contributed by atoms with Gasteiger partial charge in [0.2, 0.25) is 0 Å². The standard InChI is InChI=1S/C18H24N4O2/c1-3-5-6-11-19-16-12-17(21-13-20-16)22-15-9-7-14(8-10-15)18(23)24-4-2/h7-10,12-13H,3-6,11H2,1-2H3,(H2,19,20,21,22). The summed E-state index contributed by atoms with van der Waals surface area (Å²) in [6.45, 7) is 5.24. The first kappa shape index (κ1) is 17.7. The Balaban J connectivity index is 1.94. The van der Waals surface area contributed by atoms with Gasteiger partial charge in [-0.25, -0.2) is 14.8 Å². The van der Waals surface area contributed by atoms with Crippen molar-refractivity contribution in [3.63, 3.8) is 0 Å². The Labute approximate surface area is 142 Å². The molecule has 0 unspecified atom stereocenters. The molecule has 0 aliphatic heterocycles. The number of unbranched alkanes of at least 4 members (excludes halogenated alkanes) is 2. The summed E-state index contributed by atoms with van der Waals surface area (Å²) in [6, 6.07) is 8.97. The molecule has 0 fully saturated rings. The second-order valence-electron chi connectivity index (χ2n) is 5.35. The molecule has 0 radical (unpaired) electrons. The van der Waals surface area contributed by atoms with Gasteiger partial charge in [0, 0.05) is 18.3 Å². The van der Waals surface area contributed by atoms with Crippen molar-refractivity contribution in [2.45, 2.75) is 33.1 Å². The largest absolute Gasteiger partial charge is 0.462 e. The highest BCUT2D eigenvalue weighted by atomic mass is 16.5. The van der Waals surface area contributed by atoms with Crippen LogP contribution in [0.5, 0.6) is 0 Å². The van der Waals surface area contributed by atoms with Gasteiger partial charge in [0.15, 0.2) is 0 Å². The average molecular weight is 328 g/mol. The zero-order chi connectivity index (χ0) is 17.2. The van der Waals surface area contributed by atoms with Crippen LogP contribution in [0.1, 0.15) is 43.5 Å². The van der Waals surface area contributed by atoms with E-state index >= 15 is 0 Å². The molecule has 0 spiro atoms. The van der Waals surface area contributed by atoms with Crippen LogP contribution in [0.2, 0.25) is 0 Å². The van der Waals surface area contributed by atoms with Gasteiger partial charge in [0.25, 0.3) is 0 Å². The number of ether oxygens (including phenoxy) is 1. The monoisotopic (exact) mass is 328 g/mol. The molecule has 2 N–H and O–H groups in total. The summed E-state index contributed by atoms with van der Waals surface area (Å²) < 4.78 is 4.97. The fourth-order valence-corrected chi connectivity index (χ4v) is 2.17. The molecule has 0 aliphatic carbocycles. The van der Waals surface area contributed by atoms with Gasteiger partial charge in [-0.3, -0.25) is 0 Å². The Kier molecular flexibility index (Phi) is 7.01. The minimum atomic E-state index is -0.315.